The zero-order chi connectivity index (χ0) is 22.9. The molecule has 0 radical (unpaired) electrons. The van der Waals surface area contributed by atoms with Gasteiger partial charge in [-0.3, -0.25) is 4.79 Å². The highest BCUT2D eigenvalue weighted by atomic mass is 32.1. The summed E-state index contributed by atoms with van der Waals surface area (Å²) in [6.07, 6.45) is 7.03. The summed E-state index contributed by atoms with van der Waals surface area (Å²) in [6, 6.07) is 5.83. The molecule has 1 amide bonds. The lowest BCUT2D eigenvalue weighted by atomic mass is 10.1. The number of benzene rings is 1. The first kappa shape index (κ1) is 22.3. The normalized spacial score (nSPS) is 17.7. The smallest absolute Gasteiger partial charge is 0.253 e. The van der Waals surface area contributed by atoms with Crippen molar-refractivity contribution in [1.29, 1.82) is 0 Å². The highest BCUT2D eigenvalue weighted by molar-refractivity contribution is 7.19. The molecule has 174 valence electrons. The van der Waals surface area contributed by atoms with E-state index in [0.29, 0.717) is 24.6 Å². The highest BCUT2D eigenvalue weighted by Gasteiger charge is 2.28. The molecule has 3 aromatic rings. The van der Waals surface area contributed by atoms with E-state index in [0.717, 1.165) is 48.8 Å². The molecular formula is C26H31FN4OS. The van der Waals surface area contributed by atoms with E-state index in [1.807, 2.05) is 16.2 Å². The number of anilines is 1. The molecule has 1 aliphatic heterocycles. The number of hydrogen-bond donors (Lipinski definition) is 0. The Balaban J connectivity index is 1.44. The van der Waals surface area contributed by atoms with Crippen molar-refractivity contribution in [2.24, 2.45) is 0 Å². The van der Waals surface area contributed by atoms with Crippen LogP contribution < -0.4 is 4.90 Å². The van der Waals surface area contributed by atoms with Gasteiger partial charge >= 0.3 is 0 Å². The maximum absolute atomic E-state index is 13.2. The number of rotatable bonds is 4. The predicted molar refractivity (Wildman–Crippen MR) is 132 cm³/mol. The van der Waals surface area contributed by atoms with Gasteiger partial charge < -0.3 is 9.80 Å². The lowest BCUT2D eigenvalue weighted by Gasteiger charge is -2.36. The monoisotopic (exact) mass is 466 g/mol. The Kier molecular flexibility index (Phi) is 6.32. The summed E-state index contributed by atoms with van der Waals surface area (Å²) in [5, 5.41) is 1.25. The van der Waals surface area contributed by atoms with Gasteiger partial charge in [-0.05, 0) is 61.9 Å². The van der Waals surface area contributed by atoms with Gasteiger partial charge in [-0.1, -0.05) is 20.3 Å². The Morgan fingerprint density at radius 1 is 1.06 bits per heavy atom. The van der Waals surface area contributed by atoms with Crippen molar-refractivity contribution in [2.75, 3.05) is 31.1 Å². The number of fused-ring (bicyclic) bond motifs is 3. The van der Waals surface area contributed by atoms with Crippen LogP contribution >= 0.6 is 11.3 Å². The summed E-state index contributed by atoms with van der Waals surface area (Å²) in [5.74, 6) is 1.95. The predicted octanol–water partition coefficient (Wildman–Crippen LogP) is 5.58. The third-order valence-corrected chi connectivity index (χ3v) is 8.26. The molecule has 5 nitrogen and oxygen atoms in total. The molecule has 1 saturated heterocycles. The van der Waals surface area contributed by atoms with Gasteiger partial charge in [0.1, 0.15) is 22.3 Å². The molecule has 0 bridgehead atoms. The van der Waals surface area contributed by atoms with Crippen LogP contribution in [0.25, 0.3) is 10.2 Å². The SMILES string of the molecule is CC[C@H](C)c1nc(N2CCN(C(=O)c3ccc(F)cc3)CC2)c2c3c(sc2n1)CCCCC3. The minimum absolute atomic E-state index is 0.0350. The number of aryl methyl sites for hydroxylation is 2. The van der Waals surface area contributed by atoms with E-state index in [9.17, 15) is 9.18 Å². The average Bonchev–Trinajstić information content (AvgIpc) is 3.03. The van der Waals surface area contributed by atoms with Gasteiger partial charge in [0.25, 0.3) is 5.91 Å². The van der Waals surface area contributed by atoms with Crippen molar-refractivity contribution in [2.45, 2.75) is 58.3 Å². The number of carbonyl (C=O) groups excluding carboxylic acids is 1. The van der Waals surface area contributed by atoms with E-state index in [4.69, 9.17) is 9.97 Å². The van der Waals surface area contributed by atoms with Gasteiger partial charge in [-0.15, -0.1) is 11.3 Å². The van der Waals surface area contributed by atoms with Gasteiger partial charge in [0.2, 0.25) is 0 Å². The standard InChI is InChI=1S/C26H31FN4OS/c1-3-17(2)23-28-24(22-20-7-5-4-6-8-21(20)33-25(22)29-23)30-13-15-31(16-14-30)26(32)18-9-11-19(27)12-10-18/h9-12,17H,3-8,13-16H2,1-2H3/t17-/m0/s1. The van der Waals surface area contributed by atoms with Gasteiger partial charge in [0, 0.05) is 42.5 Å². The molecule has 0 N–H and O–H groups in total. The van der Waals surface area contributed by atoms with Crippen molar-refractivity contribution in [3.63, 3.8) is 0 Å². The first-order valence-electron chi connectivity index (χ1n) is 12.2. The van der Waals surface area contributed by atoms with Gasteiger partial charge in [-0.25, -0.2) is 14.4 Å². The van der Waals surface area contributed by atoms with Crippen LogP contribution in [-0.2, 0) is 12.8 Å². The van der Waals surface area contributed by atoms with Crippen LogP contribution in [0.1, 0.15) is 72.1 Å². The largest absolute Gasteiger partial charge is 0.352 e. The van der Waals surface area contributed by atoms with Crippen molar-refractivity contribution in [3.8, 4) is 0 Å². The molecule has 33 heavy (non-hydrogen) atoms. The van der Waals surface area contributed by atoms with E-state index < -0.39 is 0 Å². The maximum Gasteiger partial charge on any atom is 0.253 e. The fourth-order valence-corrected chi connectivity index (χ4v) is 6.12. The molecule has 2 aromatic heterocycles. The van der Waals surface area contributed by atoms with E-state index in [1.54, 1.807) is 12.1 Å². The van der Waals surface area contributed by atoms with Crippen LogP contribution in [-0.4, -0.2) is 47.0 Å². The lowest BCUT2D eigenvalue weighted by Crippen LogP contribution is -2.49. The zero-order valence-electron chi connectivity index (χ0n) is 19.4. The first-order valence-corrected chi connectivity index (χ1v) is 13.0. The summed E-state index contributed by atoms with van der Waals surface area (Å²) in [5.41, 5.74) is 2.00. The van der Waals surface area contributed by atoms with E-state index in [1.165, 1.54) is 47.2 Å². The molecule has 3 heterocycles. The molecular weight excluding hydrogens is 435 g/mol. The van der Waals surface area contributed by atoms with Gasteiger partial charge in [-0.2, -0.15) is 0 Å². The molecule has 1 aliphatic carbocycles. The van der Waals surface area contributed by atoms with Gasteiger partial charge in [0.15, 0.2) is 0 Å². The Morgan fingerprint density at radius 2 is 1.79 bits per heavy atom. The topological polar surface area (TPSA) is 49.3 Å². The number of hydrogen-bond acceptors (Lipinski definition) is 5. The van der Waals surface area contributed by atoms with Crippen LogP contribution in [0.3, 0.4) is 0 Å². The highest BCUT2D eigenvalue weighted by Crippen LogP contribution is 2.40. The second-order valence-electron chi connectivity index (χ2n) is 9.25. The van der Waals surface area contributed by atoms with Crippen molar-refractivity contribution >= 4 is 33.3 Å². The molecule has 0 spiro atoms. The van der Waals surface area contributed by atoms with Crippen LogP contribution in [0.15, 0.2) is 24.3 Å². The first-order chi connectivity index (χ1) is 16.0. The van der Waals surface area contributed by atoms with Crippen LogP contribution in [0, 0.1) is 5.82 Å². The molecule has 0 unspecified atom stereocenters. The van der Waals surface area contributed by atoms with E-state index in [2.05, 4.69) is 18.7 Å². The number of amides is 1. The minimum atomic E-state index is -0.323. The van der Waals surface area contributed by atoms with Crippen LogP contribution in [0.5, 0.6) is 0 Å². The molecule has 5 rings (SSSR count). The van der Waals surface area contributed by atoms with Gasteiger partial charge in [0.05, 0.1) is 5.39 Å². The number of piperazine rings is 1. The summed E-state index contributed by atoms with van der Waals surface area (Å²) in [4.78, 5) is 29.9. The Hall–Kier alpha value is -2.54. The fourth-order valence-electron chi connectivity index (χ4n) is 4.86. The number of halogens is 1. The number of nitrogens with zero attached hydrogens (tertiary/aromatic N) is 4. The molecule has 0 saturated carbocycles. The van der Waals surface area contributed by atoms with E-state index in [-0.39, 0.29) is 11.7 Å². The Bertz CT molecular complexity index is 1150. The third kappa shape index (κ3) is 4.35. The summed E-state index contributed by atoms with van der Waals surface area (Å²) < 4.78 is 13.2. The Morgan fingerprint density at radius 3 is 2.52 bits per heavy atom. The lowest BCUT2D eigenvalue weighted by molar-refractivity contribution is 0.0746. The fraction of sp³-hybridized carbons (Fsp3) is 0.500. The van der Waals surface area contributed by atoms with Crippen molar-refractivity contribution in [1.82, 2.24) is 14.9 Å². The van der Waals surface area contributed by atoms with Crippen LogP contribution in [0.2, 0.25) is 0 Å². The zero-order valence-corrected chi connectivity index (χ0v) is 20.3. The second kappa shape index (κ2) is 9.37. The van der Waals surface area contributed by atoms with Crippen molar-refractivity contribution < 1.29 is 9.18 Å². The second-order valence-corrected chi connectivity index (χ2v) is 10.3. The molecule has 2 aliphatic rings. The molecule has 1 aromatic carbocycles. The maximum atomic E-state index is 13.2. The summed E-state index contributed by atoms with van der Waals surface area (Å²) in [7, 11) is 0. The van der Waals surface area contributed by atoms with E-state index >= 15 is 0 Å². The molecule has 1 atom stereocenters. The number of carbonyl (C=O) groups is 1. The number of aromatic nitrogens is 2. The molecule has 7 heteroatoms. The quantitative estimate of drug-likeness (QED) is 0.471. The third-order valence-electron chi connectivity index (χ3n) is 7.07. The Labute approximate surface area is 198 Å². The average molecular weight is 467 g/mol. The number of thiophene rings is 1. The van der Waals surface area contributed by atoms with Crippen molar-refractivity contribution in [3.05, 3.63) is 51.9 Å². The molecule has 1 fully saturated rings. The minimum Gasteiger partial charge on any atom is -0.352 e. The van der Waals surface area contributed by atoms with Crippen LogP contribution in [0.4, 0.5) is 10.2 Å². The summed E-state index contributed by atoms with van der Waals surface area (Å²) >= 11 is 1.86. The summed E-state index contributed by atoms with van der Waals surface area (Å²) in [6.45, 7) is 7.12.